The van der Waals surface area contributed by atoms with Gasteiger partial charge >= 0.3 is 0 Å². The number of fused-ring (bicyclic) bond motifs is 1. The molecule has 1 aliphatic heterocycles. The maximum atomic E-state index is 13.0. The molecule has 0 saturated heterocycles. The van der Waals surface area contributed by atoms with E-state index in [1.54, 1.807) is 7.11 Å². The summed E-state index contributed by atoms with van der Waals surface area (Å²) in [6, 6.07) is 13.7. The maximum Gasteiger partial charge on any atom is 0.236 e. The summed E-state index contributed by atoms with van der Waals surface area (Å²) in [7, 11) is 1.66. The monoisotopic (exact) mass is 408 g/mol. The van der Waals surface area contributed by atoms with Crippen LogP contribution >= 0.6 is 11.3 Å². The highest BCUT2D eigenvalue weighted by Gasteiger charge is 2.52. The number of nitrogens with one attached hydrogen (secondary N) is 1. The number of aromatic nitrogens is 1. The highest BCUT2D eigenvalue weighted by Crippen LogP contribution is 2.51. The topological polar surface area (TPSA) is 69.7 Å². The Morgan fingerprint density at radius 1 is 1.21 bits per heavy atom. The first-order chi connectivity index (χ1) is 14.2. The fourth-order valence-electron chi connectivity index (χ4n) is 3.61. The van der Waals surface area contributed by atoms with Crippen LogP contribution in [0.4, 0.5) is 5.13 Å². The van der Waals surface area contributed by atoms with E-state index in [1.807, 2.05) is 42.6 Å². The Morgan fingerprint density at radius 2 is 2.07 bits per heavy atom. The van der Waals surface area contributed by atoms with Gasteiger partial charge in [-0.1, -0.05) is 18.2 Å². The molecule has 1 fully saturated rings. The Hall–Kier alpha value is -3.06. The molecule has 2 aliphatic rings. The summed E-state index contributed by atoms with van der Waals surface area (Å²) in [6.45, 7) is 0.229. The average Bonchev–Trinajstić information content (AvgIpc) is 3.22. The van der Waals surface area contributed by atoms with Crippen molar-refractivity contribution >= 4 is 22.4 Å². The minimum absolute atomic E-state index is 0.0151. The van der Waals surface area contributed by atoms with Crippen molar-refractivity contribution in [1.82, 2.24) is 4.98 Å². The van der Waals surface area contributed by atoms with E-state index in [0.717, 1.165) is 46.8 Å². The van der Waals surface area contributed by atoms with Crippen molar-refractivity contribution in [1.29, 1.82) is 0 Å². The zero-order valence-corrected chi connectivity index (χ0v) is 16.8. The van der Waals surface area contributed by atoms with E-state index >= 15 is 0 Å². The van der Waals surface area contributed by atoms with Crippen LogP contribution in [0.5, 0.6) is 17.2 Å². The standard InChI is InChI=1S/C22H20N2O4S/c1-26-16-4-2-3-14(9-16)10-17-12-23-21(29-17)24-20(25)22(7-8-22)15-5-6-18-19(11-15)28-13-27-18/h2-6,9,11-12H,7-8,10,13H2,1H3,(H,23,24,25). The van der Waals surface area contributed by atoms with Gasteiger partial charge in [0.2, 0.25) is 12.7 Å². The second-order valence-electron chi connectivity index (χ2n) is 7.26. The van der Waals surface area contributed by atoms with Gasteiger partial charge in [-0.15, -0.1) is 11.3 Å². The number of amides is 1. The van der Waals surface area contributed by atoms with Crippen molar-refractivity contribution in [3.63, 3.8) is 0 Å². The van der Waals surface area contributed by atoms with E-state index in [4.69, 9.17) is 14.2 Å². The first kappa shape index (κ1) is 18.0. The number of nitrogens with zero attached hydrogens (tertiary/aromatic N) is 1. The van der Waals surface area contributed by atoms with Crippen LogP contribution in [0, 0.1) is 0 Å². The normalized spacial score (nSPS) is 15.8. The second-order valence-corrected chi connectivity index (χ2v) is 8.38. The van der Waals surface area contributed by atoms with Gasteiger partial charge in [0.1, 0.15) is 5.75 Å². The number of hydrogen-bond acceptors (Lipinski definition) is 6. The summed E-state index contributed by atoms with van der Waals surface area (Å²) in [5.41, 5.74) is 1.61. The molecule has 1 saturated carbocycles. The largest absolute Gasteiger partial charge is 0.497 e. The molecule has 148 valence electrons. The molecule has 0 unspecified atom stereocenters. The minimum Gasteiger partial charge on any atom is -0.497 e. The molecule has 1 amide bonds. The van der Waals surface area contributed by atoms with Gasteiger partial charge in [-0.2, -0.15) is 0 Å². The van der Waals surface area contributed by atoms with Crippen LogP contribution in [0.25, 0.3) is 0 Å². The van der Waals surface area contributed by atoms with E-state index in [9.17, 15) is 4.79 Å². The lowest BCUT2D eigenvalue weighted by Gasteiger charge is -2.15. The Kier molecular flexibility index (Phi) is 4.39. The molecule has 0 atom stereocenters. The quantitative estimate of drug-likeness (QED) is 0.664. The number of ether oxygens (including phenoxy) is 3. The van der Waals surface area contributed by atoms with Gasteiger partial charge in [0.15, 0.2) is 16.6 Å². The Bertz CT molecular complexity index is 1070. The predicted molar refractivity (Wildman–Crippen MR) is 110 cm³/mol. The first-order valence-corrected chi connectivity index (χ1v) is 10.3. The number of carbonyl (C=O) groups excluding carboxylic acids is 1. The molecule has 1 N–H and O–H groups in total. The van der Waals surface area contributed by atoms with Gasteiger partial charge in [0.25, 0.3) is 0 Å². The van der Waals surface area contributed by atoms with Gasteiger partial charge in [0.05, 0.1) is 12.5 Å². The van der Waals surface area contributed by atoms with Crippen molar-refractivity contribution in [3.05, 3.63) is 64.7 Å². The molecular weight excluding hydrogens is 388 g/mol. The van der Waals surface area contributed by atoms with Crippen molar-refractivity contribution < 1.29 is 19.0 Å². The number of rotatable bonds is 6. The Labute approximate surface area is 172 Å². The van der Waals surface area contributed by atoms with Crippen LogP contribution in [0.1, 0.15) is 28.8 Å². The van der Waals surface area contributed by atoms with E-state index in [-0.39, 0.29) is 12.7 Å². The fraction of sp³-hybridized carbons (Fsp3) is 0.273. The van der Waals surface area contributed by atoms with Gasteiger partial charge < -0.3 is 19.5 Å². The Morgan fingerprint density at radius 3 is 2.90 bits per heavy atom. The average molecular weight is 408 g/mol. The highest BCUT2D eigenvalue weighted by atomic mass is 32.1. The summed E-state index contributed by atoms with van der Waals surface area (Å²) in [4.78, 5) is 18.5. The molecule has 6 nitrogen and oxygen atoms in total. The lowest BCUT2D eigenvalue weighted by molar-refractivity contribution is -0.118. The summed E-state index contributed by atoms with van der Waals surface area (Å²) < 4.78 is 16.1. The van der Waals surface area contributed by atoms with Gasteiger partial charge in [0, 0.05) is 17.5 Å². The third kappa shape index (κ3) is 3.42. The van der Waals surface area contributed by atoms with E-state index in [2.05, 4.69) is 16.4 Å². The third-order valence-electron chi connectivity index (χ3n) is 5.40. The Balaban J connectivity index is 1.29. The van der Waals surface area contributed by atoms with Gasteiger partial charge in [-0.05, 0) is 48.2 Å². The minimum atomic E-state index is -0.500. The highest BCUT2D eigenvalue weighted by molar-refractivity contribution is 7.15. The van der Waals surface area contributed by atoms with E-state index in [1.165, 1.54) is 11.3 Å². The predicted octanol–water partition coefficient (Wildman–Crippen LogP) is 4.14. The molecular formula is C22H20N2O4S. The number of carbonyl (C=O) groups is 1. The SMILES string of the molecule is COc1cccc(Cc2cnc(NC(=O)C3(c4ccc5c(c4)OCO5)CC3)s2)c1. The van der Waals surface area contributed by atoms with E-state index in [0.29, 0.717) is 10.9 Å². The summed E-state index contributed by atoms with van der Waals surface area (Å²) in [6.07, 6.45) is 4.21. The van der Waals surface area contributed by atoms with Crippen molar-refractivity contribution in [2.75, 3.05) is 19.2 Å². The van der Waals surface area contributed by atoms with Crippen molar-refractivity contribution in [2.24, 2.45) is 0 Å². The van der Waals surface area contributed by atoms with Crippen molar-refractivity contribution in [3.8, 4) is 17.2 Å². The van der Waals surface area contributed by atoms with Crippen LogP contribution < -0.4 is 19.5 Å². The molecule has 1 aromatic heterocycles. The summed E-state index contributed by atoms with van der Waals surface area (Å²) >= 11 is 1.50. The molecule has 2 aromatic carbocycles. The molecule has 2 heterocycles. The molecule has 29 heavy (non-hydrogen) atoms. The molecule has 0 spiro atoms. The number of thiazole rings is 1. The van der Waals surface area contributed by atoms with Gasteiger partial charge in [-0.25, -0.2) is 4.98 Å². The molecule has 3 aromatic rings. The summed E-state index contributed by atoms with van der Waals surface area (Å²) in [5, 5.41) is 3.64. The molecule has 5 rings (SSSR count). The van der Waals surface area contributed by atoms with E-state index < -0.39 is 5.41 Å². The fourth-order valence-corrected chi connectivity index (χ4v) is 4.46. The number of anilines is 1. The smallest absolute Gasteiger partial charge is 0.236 e. The second kappa shape index (κ2) is 7.08. The molecule has 1 aliphatic carbocycles. The first-order valence-electron chi connectivity index (χ1n) is 9.45. The number of hydrogen-bond donors (Lipinski definition) is 1. The third-order valence-corrected chi connectivity index (χ3v) is 6.31. The lowest BCUT2D eigenvalue weighted by atomic mass is 9.94. The summed E-state index contributed by atoms with van der Waals surface area (Å²) in [5.74, 6) is 2.25. The number of benzene rings is 2. The lowest BCUT2D eigenvalue weighted by Crippen LogP contribution is -2.27. The van der Waals surface area contributed by atoms with Crippen LogP contribution in [0.2, 0.25) is 0 Å². The van der Waals surface area contributed by atoms with Crippen LogP contribution in [-0.2, 0) is 16.6 Å². The van der Waals surface area contributed by atoms with Crippen LogP contribution in [-0.4, -0.2) is 24.8 Å². The van der Waals surface area contributed by atoms with Crippen molar-refractivity contribution in [2.45, 2.75) is 24.7 Å². The zero-order chi connectivity index (χ0) is 19.8. The molecule has 7 heteroatoms. The van der Waals surface area contributed by atoms with Gasteiger partial charge in [-0.3, -0.25) is 4.79 Å². The number of methoxy groups -OCH3 is 1. The van der Waals surface area contributed by atoms with Crippen LogP contribution in [0.3, 0.4) is 0 Å². The van der Waals surface area contributed by atoms with Crippen LogP contribution in [0.15, 0.2) is 48.7 Å². The molecule has 0 radical (unpaired) electrons. The maximum absolute atomic E-state index is 13.0. The zero-order valence-electron chi connectivity index (χ0n) is 15.9. The molecule has 0 bridgehead atoms.